The maximum Gasteiger partial charge on any atom is 0.340 e. The Morgan fingerprint density at radius 2 is 1.32 bits per heavy atom. The second-order valence-electron chi connectivity index (χ2n) is 8.77. The summed E-state index contributed by atoms with van der Waals surface area (Å²) in [7, 11) is 0. The number of ketones is 4. The molecule has 202 valence electrons. The number of ether oxygens (including phenoxy) is 5. The van der Waals surface area contributed by atoms with E-state index in [9.17, 15) is 24.0 Å². The molecule has 1 aromatic carbocycles. The van der Waals surface area contributed by atoms with Crippen LogP contribution >= 0.6 is 0 Å². The van der Waals surface area contributed by atoms with Crippen molar-refractivity contribution in [2.75, 3.05) is 26.4 Å². The van der Waals surface area contributed by atoms with Gasteiger partial charge in [-0.1, -0.05) is 0 Å². The summed E-state index contributed by atoms with van der Waals surface area (Å²) in [5.74, 6) is -4.01. The zero-order valence-electron chi connectivity index (χ0n) is 22.1. The molecule has 1 aromatic rings. The zero-order valence-corrected chi connectivity index (χ0v) is 23.7. The SMILES string of the molecule is CCOCC(=O)CC(=O)C1(C(=O)CC(=O)COCC)OC(=O)c2ccc(OC(C)C)c(OC(C)C)c21.[Ti]. The standard InChI is InChI=1S/C26H34O10.Ti/c1-7-32-13-17(27)11-21(29)26(22(30)12-18(28)14-33-8-2)23-19(25(31)36-26)9-10-20(34-15(3)4)24(23)35-16(5)6;/h9-10,15-16H,7-8,11-14H2,1-6H3;. The number of carbonyl (C=O) groups excluding carboxylic acids is 5. The summed E-state index contributed by atoms with van der Waals surface area (Å²) in [5, 5.41) is 0. The summed E-state index contributed by atoms with van der Waals surface area (Å²) in [5.41, 5.74) is -2.81. The number of rotatable bonds is 16. The van der Waals surface area contributed by atoms with Crippen molar-refractivity contribution in [1.82, 2.24) is 0 Å². The number of Topliss-reactive ketones (excluding diaryl/α,β-unsaturated/α-hetero) is 4. The molecule has 1 aliphatic rings. The topological polar surface area (TPSA) is 132 Å². The van der Waals surface area contributed by atoms with Gasteiger partial charge < -0.3 is 23.7 Å². The fourth-order valence-electron chi connectivity index (χ4n) is 3.72. The third-order valence-electron chi connectivity index (χ3n) is 5.09. The molecule has 0 fully saturated rings. The molecule has 0 saturated carbocycles. The maximum atomic E-state index is 13.6. The molecule has 0 bridgehead atoms. The van der Waals surface area contributed by atoms with Gasteiger partial charge in [-0.05, 0) is 53.7 Å². The van der Waals surface area contributed by atoms with E-state index in [1.165, 1.54) is 12.1 Å². The van der Waals surface area contributed by atoms with Gasteiger partial charge in [0.1, 0.15) is 13.2 Å². The van der Waals surface area contributed by atoms with Crippen molar-refractivity contribution in [3.8, 4) is 11.5 Å². The van der Waals surface area contributed by atoms with Gasteiger partial charge in [0.05, 0.1) is 36.2 Å². The molecule has 0 saturated heterocycles. The van der Waals surface area contributed by atoms with E-state index < -0.39 is 53.6 Å². The first-order valence-corrected chi connectivity index (χ1v) is 12.0. The predicted molar refractivity (Wildman–Crippen MR) is 127 cm³/mol. The molecule has 0 N–H and O–H groups in total. The van der Waals surface area contributed by atoms with Crippen molar-refractivity contribution >= 4 is 29.1 Å². The molecule has 37 heavy (non-hydrogen) atoms. The molecule has 1 heterocycles. The van der Waals surface area contributed by atoms with Gasteiger partial charge in [0, 0.05) is 34.9 Å². The fourth-order valence-corrected chi connectivity index (χ4v) is 3.72. The first kappa shape index (κ1) is 32.6. The second-order valence-corrected chi connectivity index (χ2v) is 8.77. The molecular weight excluding hydrogens is 520 g/mol. The molecule has 11 heteroatoms. The van der Waals surface area contributed by atoms with Gasteiger partial charge in [-0.2, -0.15) is 0 Å². The number of hydrogen-bond acceptors (Lipinski definition) is 10. The number of cyclic esters (lactones) is 1. The minimum atomic E-state index is -2.56. The summed E-state index contributed by atoms with van der Waals surface area (Å²) in [6.45, 7) is 10.1. The molecule has 0 aromatic heterocycles. The Bertz CT molecular complexity index is 981. The molecule has 0 atom stereocenters. The summed E-state index contributed by atoms with van der Waals surface area (Å²) < 4.78 is 27.4. The molecule has 10 nitrogen and oxygen atoms in total. The Balaban J connectivity index is 0.00000684. The van der Waals surface area contributed by atoms with Crippen LogP contribution in [0.5, 0.6) is 11.5 Å². The average Bonchev–Trinajstić information content (AvgIpc) is 3.11. The van der Waals surface area contributed by atoms with Crippen molar-refractivity contribution in [1.29, 1.82) is 0 Å². The van der Waals surface area contributed by atoms with Crippen LogP contribution in [0.2, 0.25) is 0 Å². The van der Waals surface area contributed by atoms with Crippen molar-refractivity contribution in [3.05, 3.63) is 23.3 Å². The minimum absolute atomic E-state index is 0. The molecule has 0 amide bonds. The molecule has 2 rings (SSSR count). The number of fused-ring (bicyclic) bond motifs is 1. The Morgan fingerprint density at radius 1 is 0.838 bits per heavy atom. The zero-order chi connectivity index (χ0) is 27.0. The summed E-state index contributed by atoms with van der Waals surface area (Å²) in [4.78, 5) is 65.1. The van der Waals surface area contributed by atoms with Gasteiger partial charge in [-0.25, -0.2) is 4.79 Å². The summed E-state index contributed by atoms with van der Waals surface area (Å²) >= 11 is 0. The van der Waals surface area contributed by atoms with Crippen LogP contribution in [0.1, 0.15) is 70.3 Å². The van der Waals surface area contributed by atoms with E-state index in [4.69, 9.17) is 23.7 Å². The normalized spacial score (nSPS) is 13.6. The van der Waals surface area contributed by atoms with Gasteiger partial charge in [-0.3, -0.25) is 19.2 Å². The second kappa shape index (κ2) is 14.5. The van der Waals surface area contributed by atoms with Crippen molar-refractivity contribution in [2.45, 2.75) is 72.2 Å². The van der Waals surface area contributed by atoms with E-state index in [-0.39, 0.29) is 76.9 Å². The Labute approximate surface area is 231 Å². The molecule has 0 spiro atoms. The largest absolute Gasteiger partial charge is 0.487 e. The van der Waals surface area contributed by atoms with E-state index in [1.807, 2.05) is 0 Å². The third kappa shape index (κ3) is 7.80. The smallest absolute Gasteiger partial charge is 0.340 e. The monoisotopic (exact) mass is 554 g/mol. The first-order valence-electron chi connectivity index (χ1n) is 12.0. The van der Waals surface area contributed by atoms with Crippen LogP contribution in [-0.4, -0.2) is 67.7 Å². The van der Waals surface area contributed by atoms with Gasteiger partial charge >= 0.3 is 5.97 Å². The Morgan fingerprint density at radius 3 is 1.76 bits per heavy atom. The molecule has 0 unspecified atom stereocenters. The molecular formula is C26H34O10Ti. The van der Waals surface area contributed by atoms with E-state index in [2.05, 4.69) is 0 Å². The van der Waals surface area contributed by atoms with Crippen LogP contribution in [-0.2, 0) is 60.7 Å². The molecule has 0 aliphatic carbocycles. The van der Waals surface area contributed by atoms with Crippen molar-refractivity contribution < 1.29 is 69.4 Å². The van der Waals surface area contributed by atoms with Crippen LogP contribution in [0.4, 0.5) is 0 Å². The minimum Gasteiger partial charge on any atom is -0.487 e. The predicted octanol–water partition coefficient (Wildman–Crippen LogP) is 2.75. The van der Waals surface area contributed by atoms with E-state index in [0.29, 0.717) is 0 Å². The van der Waals surface area contributed by atoms with Crippen LogP contribution in [0.15, 0.2) is 12.1 Å². The Hall–Kier alpha value is -2.40. The number of benzene rings is 1. The molecule has 0 radical (unpaired) electrons. The van der Waals surface area contributed by atoms with E-state index in [1.54, 1.807) is 41.5 Å². The number of hydrogen-bond donors (Lipinski definition) is 0. The van der Waals surface area contributed by atoms with Crippen LogP contribution in [0, 0.1) is 0 Å². The third-order valence-corrected chi connectivity index (χ3v) is 5.09. The fraction of sp³-hybridized carbons (Fsp3) is 0.577. The van der Waals surface area contributed by atoms with Crippen LogP contribution < -0.4 is 9.47 Å². The summed E-state index contributed by atoms with van der Waals surface area (Å²) in [6.07, 6.45) is -2.26. The van der Waals surface area contributed by atoms with Crippen molar-refractivity contribution in [3.63, 3.8) is 0 Å². The van der Waals surface area contributed by atoms with E-state index >= 15 is 0 Å². The summed E-state index contributed by atoms with van der Waals surface area (Å²) in [6, 6.07) is 2.86. The van der Waals surface area contributed by atoms with Gasteiger partial charge in [0.2, 0.25) is 0 Å². The number of carbonyl (C=O) groups is 5. The van der Waals surface area contributed by atoms with Gasteiger partial charge in [0.25, 0.3) is 5.60 Å². The number of esters is 1. The van der Waals surface area contributed by atoms with Gasteiger partial charge in [0.15, 0.2) is 34.6 Å². The first-order chi connectivity index (χ1) is 17.0. The molecule has 1 aliphatic heterocycles. The Kier molecular flexibility index (Phi) is 12.8. The van der Waals surface area contributed by atoms with Crippen molar-refractivity contribution in [2.24, 2.45) is 0 Å². The average molecular weight is 554 g/mol. The van der Waals surface area contributed by atoms with Gasteiger partial charge in [-0.15, -0.1) is 0 Å². The van der Waals surface area contributed by atoms with Crippen LogP contribution in [0.25, 0.3) is 0 Å². The maximum absolute atomic E-state index is 13.6. The van der Waals surface area contributed by atoms with E-state index in [0.717, 1.165) is 0 Å². The quantitative estimate of drug-likeness (QED) is 0.171. The van der Waals surface area contributed by atoms with Crippen LogP contribution in [0.3, 0.4) is 0 Å².